The minimum Gasteiger partial charge on any atom is -0.457 e. The second kappa shape index (κ2) is 18.9. The Labute approximate surface area is 368 Å². The summed E-state index contributed by atoms with van der Waals surface area (Å²) >= 11 is 0. The van der Waals surface area contributed by atoms with Gasteiger partial charge in [0, 0.05) is 49.0 Å². The van der Waals surface area contributed by atoms with Crippen LogP contribution >= 0.6 is 0 Å². The minimum atomic E-state index is -0.633. The molecule has 11 heteroatoms. The highest BCUT2D eigenvalue weighted by Gasteiger charge is 2.51. The molecule has 3 saturated heterocycles. The van der Waals surface area contributed by atoms with Gasteiger partial charge in [0.25, 0.3) is 0 Å². The zero-order chi connectivity index (χ0) is 43.2. The zero-order valence-corrected chi connectivity index (χ0v) is 35.4. The van der Waals surface area contributed by atoms with Crippen LogP contribution in [0.1, 0.15) is 54.4 Å². The molecule has 0 saturated carbocycles. The highest BCUT2D eigenvalue weighted by atomic mass is 16.7. The summed E-state index contributed by atoms with van der Waals surface area (Å²) in [6, 6.07) is 51.1. The number of nitrogens with one attached hydrogen (secondary N) is 3. The van der Waals surface area contributed by atoms with Crippen molar-refractivity contribution in [2.75, 3.05) is 36.5 Å². The van der Waals surface area contributed by atoms with E-state index >= 15 is 0 Å². The van der Waals surface area contributed by atoms with Crippen molar-refractivity contribution >= 4 is 23.3 Å². The van der Waals surface area contributed by atoms with E-state index in [1.54, 1.807) is 0 Å². The van der Waals surface area contributed by atoms with Crippen molar-refractivity contribution in [3.8, 4) is 22.6 Å². The van der Waals surface area contributed by atoms with Gasteiger partial charge in [-0.3, -0.25) is 4.79 Å². The van der Waals surface area contributed by atoms with Gasteiger partial charge in [-0.15, -0.1) is 0 Å². The van der Waals surface area contributed by atoms with Crippen molar-refractivity contribution in [3.63, 3.8) is 0 Å². The lowest BCUT2D eigenvalue weighted by Crippen LogP contribution is -2.57. The molecule has 9 rings (SSSR count). The van der Waals surface area contributed by atoms with E-state index in [9.17, 15) is 14.7 Å². The lowest BCUT2D eigenvalue weighted by atomic mass is 9.84. The van der Waals surface area contributed by atoms with Gasteiger partial charge in [-0.1, -0.05) is 104 Å². The van der Waals surface area contributed by atoms with Crippen molar-refractivity contribution in [2.24, 2.45) is 5.92 Å². The highest BCUT2D eigenvalue weighted by molar-refractivity contribution is 5.93. The molecule has 1 spiro atoms. The van der Waals surface area contributed by atoms with E-state index in [4.69, 9.17) is 14.2 Å². The molecule has 3 heterocycles. The summed E-state index contributed by atoms with van der Waals surface area (Å²) in [5, 5.41) is 18.8. The second-order valence-corrected chi connectivity index (χ2v) is 16.7. The van der Waals surface area contributed by atoms with Crippen molar-refractivity contribution in [1.82, 2.24) is 15.5 Å². The van der Waals surface area contributed by atoms with Crippen molar-refractivity contribution in [2.45, 2.75) is 57.0 Å². The van der Waals surface area contributed by atoms with Gasteiger partial charge in [-0.25, -0.2) is 4.79 Å². The number of nitrogens with zero attached hydrogens (tertiary/aromatic N) is 2. The van der Waals surface area contributed by atoms with Crippen molar-refractivity contribution in [1.29, 1.82) is 0 Å². The number of likely N-dealkylation sites (tertiary alicyclic amines) is 1. The molecular weight excluding hydrogens is 791 g/mol. The van der Waals surface area contributed by atoms with Crippen molar-refractivity contribution < 1.29 is 28.9 Å². The Bertz CT molecular complexity index is 2480. The normalized spacial score (nSPS) is 20.9. The predicted molar refractivity (Wildman–Crippen MR) is 244 cm³/mol. The second-order valence-electron chi connectivity index (χ2n) is 16.7. The number of aliphatic hydroxyl groups is 1. The van der Waals surface area contributed by atoms with Crippen LogP contribution in [-0.2, 0) is 27.4 Å². The number of carbonyl (C=O) groups is 2. The first-order valence-corrected chi connectivity index (χ1v) is 21.7. The number of rotatable bonds is 12. The molecule has 322 valence electrons. The molecule has 6 aromatic carbocycles. The molecule has 11 nitrogen and oxygen atoms in total. The number of amides is 3. The van der Waals surface area contributed by atoms with E-state index in [1.165, 1.54) is 0 Å². The maximum atomic E-state index is 13.4. The number of para-hydroxylation sites is 2. The summed E-state index contributed by atoms with van der Waals surface area (Å²) < 4.78 is 19.6. The van der Waals surface area contributed by atoms with Gasteiger partial charge in [0.2, 0.25) is 5.91 Å². The van der Waals surface area contributed by atoms with E-state index < -0.39 is 11.8 Å². The molecule has 3 fully saturated rings. The molecule has 6 aromatic rings. The Morgan fingerprint density at radius 2 is 1.44 bits per heavy atom. The van der Waals surface area contributed by atoms with Gasteiger partial charge in [0.05, 0.1) is 25.5 Å². The summed E-state index contributed by atoms with van der Waals surface area (Å²) in [6.45, 7) is 5.25. The molecular formula is C52H53N5O6. The van der Waals surface area contributed by atoms with Gasteiger partial charge < -0.3 is 45.1 Å². The molecule has 4 N–H and O–H groups in total. The van der Waals surface area contributed by atoms with E-state index in [2.05, 4.69) is 69.1 Å². The fourth-order valence-electron chi connectivity index (χ4n) is 9.03. The first-order valence-electron chi connectivity index (χ1n) is 21.7. The summed E-state index contributed by atoms with van der Waals surface area (Å²) in [4.78, 5) is 31.0. The van der Waals surface area contributed by atoms with Gasteiger partial charge in [-0.2, -0.15) is 0 Å². The number of ether oxygens (including phenoxy) is 3. The fourth-order valence-corrected chi connectivity index (χ4v) is 9.03. The average molecular weight is 844 g/mol. The van der Waals surface area contributed by atoms with Crippen LogP contribution in [0.2, 0.25) is 0 Å². The monoisotopic (exact) mass is 843 g/mol. The first kappa shape index (κ1) is 41.8. The topological polar surface area (TPSA) is 125 Å². The van der Waals surface area contributed by atoms with Crippen molar-refractivity contribution in [3.05, 3.63) is 180 Å². The largest absolute Gasteiger partial charge is 0.457 e. The van der Waals surface area contributed by atoms with Crippen LogP contribution in [0.25, 0.3) is 11.1 Å². The molecule has 0 unspecified atom stereocenters. The summed E-state index contributed by atoms with van der Waals surface area (Å²) in [5.74, 6) is 1.55. The van der Waals surface area contributed by atoms with Crippen LogP contribution in [-0.4, -0.2) is 59.9 Å². The lowest BCUT2D eigenvalue weighted by Gasteiger charge is -2.46. The van der Waals surface area contributed by atoms with Crippen LogP contribution < -0.4 is 25.6 Å². The smallest absolute Gasteiger partial charge is 0.319 e. The number of hydrogen-bond donors (Lipinski definition) is 4. The Morgan fingerprint density at radius 3 is 2.17 bits per heavy atom. The third kappa shape index (κ3) is 9.47. The average Bonchev–Trinajstić information content (AvgIpc) is 3.65. The number of anilines is 2. The number of carbonyl (C=O) groups excluding carboxylic acids is 2. The Hall–Kier alpha value is -6.50. The fraction of sp³-hybridized carbons (Fsp3) is 0.269. The molecule has 3 amide bonds. The van der Waals surface area contributed by atoms with E-state index in [0.29, 0.717) is 31.2 Å². The van der Waals surface area contributed by atoms with E-state index in [1.807, 2.05) is 121 Å². The first-order chi connectivity index (χ1) is 30.8. The zero-order valence-electron chi connectivity index (χ0n) is 35.4. The third-order valence-electron chi connectivity index (χ3n) is 12.6. The van der Waals surface area contributed by atoms with Gasteiger partial charge in [0.1, 0.15) is 17.0 Å². The van der Waals surface area contributed by atoms with E-state index in [0.717, 1.165) is 70.7 Å². The third-order valence-corrected chi connectivity index (χ3v) is 12.6. The Balaban J connectivity index is 0.870. The van der Waals surface area contributed by atoms with Gasteiger partial charge in [0.15, 0.2) is 6.29 Å². The molecule has 0 aliphatic carbocycles. The number of benzene rings is 6. The van der Waals surface area contributed by atoms with Gasteiger partial charge in [-0.05, 0) is 101 Å². The van der Waals surface area contributed by atoms with Crippen LogP contribution in [0.5, 0.6) is 11.5 Å². The number of hydrogen-bond acceptors (Lipinski definition) is 8. The van der Waals surface area contributed by atoms with Crippen LogP contribution in [0.3, 0.4) is 0 Å². The van der Waals surface area contributed by atoms with Gasteiger partial charge >= 0.3 is 6.03 Å². The Morgan fingerprint density at radius 1 is 0.762 bits per heavy atom. The summed E-state index contributed by atoms with van der Waals surface area (Å²) in [6.07, 6.45) is 0.401. The van der Waals surface area contributed by atoms with Crippen LogP contribution in [0, 0.1) is 5.92 Å². The Kier molecular flexibility index (Phi) is 12.5. The molecule has 4 atom stereocenters. The maximum absolute atomic E-state index is 13.4. The molecule has 0 aromatic heterocycles. The summed E-state index contributed by atoms with van der Waals surface area (Å²) in [5.41, 5.74) is 6.90. The SMILES string of the molecule is C[C@H]1[C@@H](CN2CCC3(CC2)C(=O)NCN3c2ccccc2)O[C@@H](c2cccc(-c3cccc(CNC(=O)Nc4ccc(Oc5ccccc5)cc4)c3)c2)O[C@H]1c1ccc(CO)cc1. The highest BCUT2D eigenvalue weighted by Crippen LogP contribution is 2.43. The quantitative estimate of drug-likeness (QED) is 0.0962. The number of aliphatic hydroxyl groups excluding tert-OH is 1. The molecule has 63 heavy (non-hydrogen) atoms. The van der Waals surface area contributed by atoms with Crippen LogP contribution in [0.15, 0.2) is 158 Å². The molecule has 3 aliphatic rings. The molecule has 3 aliphatic heterocycles. The predicted octanol–water partition coefficient (Wildman–Crippen LogP) is 9.18. The number of piperidine rings is 1. The standard InChI is InChI=1S/C52H53N5O6/c1-36-47(33-56-28-26-52(27-29-56)50(59)54-35-57(52)44-14-4-2-5-15-44)62-49(63-48(36)39-20-18-37(34-58)19-21-39)42-13-9-12-41(31-42)40-11-8-10-38(30-40)32-53-51(60)55-43-22-24-46(25-23-43)61-45-16-6-3-7-17-45/h2-25,30-31,36,47-49,58H,26-29,32-35H2,1H3,(H,54,59)(H2,53,55,60)/t36-,47+,48+,49+/m0/s1. The molecule has 0 radical (unpaired) electrons. The van der Waals surface area contributed by atoms with Crippen LogP contribution in [0.4, 0.5) is 16.2 Å². The lowest BCUT2D eigenvalue weighted by molar-refractivity contribution is -0.276. The number of urea groups is 1. The molecule has 0 bridgehead atoms. The van der Waals surface area contributed by atoms with E-state index in [-0.39, 0.29) is 36.7 Å². The summed E-state index contributed by atoms with van der Waals surface area (Å²) in [7, 11) is 0. The maximum Gasteiger partial charge on any atom is 0.319 e. The minimum absolute atomic E-state index is 0.0188.